The smallest absolute Gasteiger partial charge is 0.243 e. The number of aromatic amines is 1. The van der Waals surface area contributed by atoms with E-state index in [0.29, 0.717) is 5.82 Å². The van der Waals surface area contributed by atoms with Gasteiger partial charge >= 0.3 is 0 Å². The summed E-state index contributed by atoms with van der Waals surface area (Å²) in [5.41, 5.74) is 5.04. The fourth-order valence-electron chi connectivity index (χ4n) is 3.20. The number of amidine groups is 1. The highest BCUT2D eigenvalue weighted by molar-refractivity contribution is 8.13. The molecule has 0 fully saturated rings. The first kappa shape index (κ1) is 20.9. The SMILES string of the molecule is CS/C(=N\c1cn(Cc2ccc(C)cc2)cn1)Nc1c[n+](Cc2ccc(C)cc2)c[nH]1. The molecular formula is C24H27N6S+. The Kier molecular flexibility index (Phi) is 6.52. The summed E-state index contributed by atoms with van der Waals surface area (Å²) >= 11 is 1.55. The van der Waals surface area contributed by atoms with Crippen LogP contribution in [0.4, 0.5) is 11.6 Å². The summed E-state index contributed by atoms with van der Waals surface area (Å²) in [6, 6.07) is 17.1. The van der Waals surface area contributed by atoms with Gasteiger partial charge in [-0.05, 0) is 31.2 Å². The summed E-state index contributed by atoms with van der Waals surface area (Å²) in [7, 11) is 0. The third-order valence-corrected chi connectivity index (χ3v) is 5.50. The molecule has 158 valence electrons. The van der Waals surface area contributed by atoms with Crippen LogP contribution in [0.1, 0.15) is 22.3 Å². The van der Waals surface area contributed by atoms with Crippen LogP contribution < -0.4 is 9.88 Å². The molecule has 0 aliphatic rings. The lowest BCUT2D eigenvalue weighted by Gasteiger charge is -2.03. The van der Waals surface area contributed by atoms with E-state index in [-0.39, 0.29) is 0 Å². The number of imidazole rings is 2. The lowest BCUT2D eigenvalue weighted by atomic mass is 10.1. The summed E-state index contributed by atoms with van der Waals surface area (Å²) in [5.74, 6) is 1.57. The topological polar surface area (TPSA) is 61.9 Å². The van der Waals surface area contributed by atoms with Gasteiger partial charge in [-0.25, -0.2) is 19.5 Å². The summed E-state index contributed by atoms with van der Waals surface area (Å²) in [4.78, 5) is 12.4. The Balaban J connectivity index is 1.40. The summed E-state index contributed by atoms with van der Waals surface area (Å²) < 4.78 is 4.16. The first-order chi connectivity index (χ1) is 15.1. The minimum Gasteiger partial charge on any atom is -0.331 e. The minimum atomic E-state index is 0.683. The quantitative estimate of drug-likeness (QED) is 0.265. The number of aromatic nitrogens is 4. The van der Waals surface area contributed by atoms with E-state index in [1.807, 2.05) is 35.9 Å². The van der Waals surface area contributed by atoms with Crippen molar-refractivity contribution in [2.24, 2.45) is 4.99 Å². The largest absolute Gasteiger partial charge is 0.331 e. The molecule has 2 N–H and O–H groups in total. The Morgan fingerprint density at radius 2 is 1.74 bits per heavy atom. The molecule has 0 amide bonds. The second-order valence-corrected chi connectivity index (χ2v) is 8.40. The molecule has 2 heterocycles. The van der Waals surface area contributed by atoms with Crippen LogP contribution in [0.5, 0.6) is 0 Å². The number of hydrogen-bond donors (Lipinski definition) is 2. The maximum Gasteiger partial charge on any atom is 0.243 e. The van der Waals surface area contributed by atoms with Crippen LogP contribution in [0, 0.1) is 13.8 Å². The average Bonchev–Trinajstić information content (AvgIpc) is 3.40. The van der Waals surface area contributed by atoms with Gasteiger partial charge < -0.3 is 4.57 Å². The predicted molar refractivity (Wildman–Crippen MR) is 128 cm³/mol. The molecule has 0 unspecified atom stereocenters. The molecule has 0 radical (unpaired) electrons. The third kappa shape index (κ3) is 5.86. The zero-order valence-corrected chi connectivity index (χ0v) is 18.9. The molecule has 0 atom stereocenters. The van der Waals surface area contributed by atoms with Crippen molar-refractivity contribution in [2.45, 2.75) is 26.9 Å². The third-order valence-electron chi connectivity index (χ3n) is 4.92. The van der Waals surface area contributed by atoms with Gasteiger partial charge in [-0.2, -0.15) is 0 Å². The van der Waals surface area contributed by atoms with Crippen LogP contribution in [0.15, 0.2) is 78.6 Å². The van der Waals surface area contributed by atoms with Gasteiger partial charge in [-0.15, -0.1) is 0 Å². The van der Waals surface area contributed by atoms with Crippen molar-refractivity contribution in [2.75, 3.05) is 11.6 Å². The summed E-state index contributed by atoms with van der Waals surface area (Å²) in [5, 5.41) is 4.13. The molecule has 2 aromatic carbocycles. The van der Waals surface area contributed by atoms with Crippen LogP contribution in [0.2, 0.25) is 0 Å². The van der Waals surface area contributed by atoms with E-state index in [4.69, 9.17) is 0 Å². The number of H-pyrrole nitrogens is 1. The van der Waals surface area contributed by atoms with Crippen LogP contribution in [0.25, 0.3) is 0 Å². The van der Waals surface area contributed by atoms with Gasteiger partial charge in [0, 0.05) is 6.54 Å². The monoisotopic (exact) mass is 431 g/mol. The van der Waals surface area contributed by atoms with Crippen molar-refractivity contribution >= 4 is 28.6 Å². The fourth-order valence-corrected chi connectivity index (χ4v) is 3.59. The molecule has 0 aliphatic heterocycles. The maximum absolute atomic E-state index is 4.66. The van der Waals surface area contributed by atoms with E-state index in [1.165, 1.54) is 22.3 Å². The van der Waals surface area contributed by atoms with Crippen LogP contribution in [-0.2, 0) is 13.1 Å². The molecular weight excluding hydrogens is 404 g/mol. The summed E-state index contributed by atoms with van der Waals surface area (Å²) in [6.45, 7) is 5.79. The van der Waals surface area contributed by atoms with Gasteiger partial charge in [-0.3, -0.25) is 5.32 Å². The van der Waals surface area contributed by atoms with Gasteiger partial charge in [0.1, 0.15) is 6.54 Å². The normalized spacial score (nSPS) is 11.6. The number of thioether (sulfide) groups is 1. The molecule has 31 heavy (non-hydrogen) atoms. The van der Waals surface area contributed by atoms with E-state index in [0.717, 1.165) is 24.1 Å². The Bertz CT molecular complexity index is 1160. The minimum absolute atomic E-state index is 0.683. The van der Waals surface area contributed by atoms with Gasteiger partial charge in [0.2, 0.25) is 12.1 Å². The van der Waals surface area contributed by atoms with E-state index in [9.17, 15) is 0 Å². The van der Waals surface area contributed by atoms with E-state index >= 15 is 0 Å². The first-order valence-corrected chi connectivity index (χ1v) is 11.4. The molecule has 0 saturated carbocycles. The van der Waals surface area contributed by atoms with Crippen molar-refractivity contribution in [1.82, 2.24) is 14.5 Å². The lowest BCUT2D eigenvalue weighted by Crippen LogP contribution is -2.31. The number of anilines is 1. The average molecular weight is 432 g/mol. The van der Waals surface area contributed by atoms with Crippen molar-refractivity contribution < 1.29 is 4.57 Å². The fraction of sp³-hybridized carbons (Fsp3) is 0.208. The number of aliphatic imine (C=N–C) groups is 1. The first-order valence-electron chi connectivity index (χ1n) is 10.2. The molecule has 2 aromatic heterocycles. The van der Waals surface area contributed by atoms with Crippen molar-refractivity contribution in [1.29, 1.82) is 0 Å². The van der Waals surface area contributed by atoms with E-state index in [2.05, 4.69) is 87.2 Å². The zero-order chi connectivity index (χ0) is 21.6. The summed E-state index contributed by atoms with van der Waals surface area (Å²) in [6.07, 6.45) is 9.78. The van der Waals surface area contributed by atoms with Gasteiger partial charge in [-0.1, -0.05) is 71.4 Å². The van der Waals surface area contributed by atoms with Gasteiger partial charge in [0.05, 0.1) is 12.5 Å². The Hall–Kier alpha value is -3.32. The van der Waals surface area contributed by atoms with E-state index in [1.54, 1.807) is 11.8 Å². The molecule has 7 heteroatoms. The lowest BCUT2D eigenvalue weighted by molar-refractivity contribution is -0.686. The van der Waals surface area contributed by atoms with E-state index < -0.39 is 0 Å². The highest BCUT2D eigenvalue weighted by atomic mass is 32.2. The predicted octanol–water partition coefficient (Wildman–Crippen LogP) is 4.67. The Labute approximate surface area is 187 Å². The second-order valence-electron chi connectivity index (χ2n) is 7.61. The van der Waals surface area contributed by atoms with Crippen LogP contribution in [-0.4, -0.2) is 26.0 Å². The standard InChI is InChI=1S/C24H26N6S/c1-18-4-8-20(9-5-18)12-29-14-22(25-16-29)27-24(31-3)28-23-15-30(17-26-23)13-21-10-6-19(2)7-11-21/h4-11,14-17H,12-13H2,1-3H3,(H,27,28)/p+1. The molecule has 0 aliphatic carbocycles. The van der Waals surface area contributed by atoms with Gasteiger partial charge in [0.15, 0.2) is 17.2 Å². The molecule has 6 nitrogen and oxygen atoms in total. The number of hydrogen-bond acceptors (Lipinski definition) is 3. The maximum atomic E-state index is 4.66. The molecule has 0 saturated heterocycles. The number of aryl methyl sites for hydroxylation is 2. The molecule has 4 rings (SSSR count). The second kappa shape index (κ2) is 9.66. The molecule has 0 bridgehead atoms. The van der Waals surface area contributed by atoms with Crippen molar-refractivity contribution in [3.63, 3.8) is 0 Å². The number of nitrogens with zero attached hydrogens (tertiary/aromatic N) is 4. The number of benzene rings is 2. The molecule has 0 spiro atoms. The van der Waals surface area contributed by atoms with Crippen LogP contribution in [0.3, 0.4) is 0 Å². The number of rotatable bonds is 6. The van der Waals surface area contributed by atoms with Crippen LogP contribution >= 0.6 is 11.8 Å². The molecule has 4 aromatic rings. The highest BCUT2D eigenvalue weighted by Crippen LogP contribution is 2.15. The number of nitrogens with one attached hydrogen (secondary N) is 2. The van der Waals surface area contributed by atoms with Gasteiger partial charge in [0.25, 0.3) is 0 Å². The Morgan fingerprint density at radius 1 is 1.06 bits per heavy atom. The van der Waals surface area contributed by atoms with Crippen molar-refractivity contribution in [3.05, 3.63) is 95.8 Å². The zero-order valence-electron chi connectivity index (χ0n) is 18.0. The van der Waals surface area contributed by atoms with Crippen molar-refractivity contribution in [3.8, 4) is 0 Å². The Morgan fingerprint density at radius 3 is 2.42 bits per heavy atom. The highest BCUT2D eigenvalue weighted by Gasteiger charge is 2.09.